The van der Waals surface area contributed by atoms with Gasteiger partial charge in [-0.05, 0) is 62.7 Å². The number of halogens is 1. The molecule has 4 nitrogen and oxygen atoms in total. The van der Waals surface area contributed by atoms with Gasteiger partial charge in [0.15, 0.2) is 5.82 Å². The van der Waals surface area contributed by atoms with Crippen LogP contribution in [-0.4, -0.2) is 33.9 Å². The number of fused-ring (bicyclic) bond motifs is 1. The van der Waals surface area contributed by atoms with E-state index in [1.165, 1.54) is 23.9 Å². The van der Waals surface area contributed by atoms with Gasteiger partial charge in [-0.1, -0.05) is 25.1 Å². The van der Waals surface area contributed by atoms with Gasteiger partial charge in [0, 0.05) is 30.0 Å². The van der Waals surface area contributed by atoms with Crippen LogP contribution in [0.5, 0.6) is 0 Å². The van der Waals surface area contributed by atoms with Crippen LogP contribution >= 0.6 is 11.8 Å². The van der Waals surface area contributed by atoms with E-state index in [0.29, 0.717) is 28.1 Å². The van der Waals surface area contributed by atoms with Crippen LogP contribution < -0.4 is 4.90 Å². The fraction of sp³-hybridized carbons (Fsp3) is 0.348. The summed E-state index contributed by atoms with van der Waals surface area (Å²) >= 11 is 1.35. The standard InChI is InChI=1S/C23H26FN3OS/c1-5-6-13-29-23(28)17-9-12-19-20(14-17)26-22(27(4)15(2)3)21(25-19)16-7-10-18(24)11-8-16/h7-12,14-15H,5-6,13H2,1-4H3. The lowest BCUT2D eigenvalue weighted by atomic mass is 10.1. The average Bonchev–Trinajstić information content (AvgIpc) is 2.72. The van der Waals surface area contributed by atoms with Crippen molar-refractivity contribution >= 4 is 33.7 Å². The maximum Gasteiger partial charge on any atom is 0.219 e. The normalized spacial score (nSPS) is 11.2. The number of unbranched alkanes of at least 4 members (excludes halogenated alkanes) is 1. The van der Waals surface area contributed by atoms with Crippen molar-refractivity contribution in [1.82, 2.24) is 9.97 Å². The van der Waals surface area contributed by atoms with Gasteiger partial charge in [0.05, 0.1) is 11.0 Å². The van der Waals surface area contributed by atoms with Crippen LogP contribution in [0.25, 0.3) is 22.3 Å². The molecule has 6 heteroatoms. The van der Waals surface area contributed by atoms with Crippen molar-refractivity contribution in [1.29, 1.82) is 0 Å². The molecule has 0 aliphatic carbocycles. The van der Waals surface area contributed by atoms with Gasteiger partial charge in [-0.2, -0.15) is 0 Å². The van der Waals surface area contributed by atoms with E-state index < -0.39 is 0 Å². The van der Waals surface area contributed by atoms with Gasteiger partial charge < -0.3 is 4.90 Å². The third kappa shape index (κ3) is 4.93. The van der Waals surface area contributed by atoms with Gasteiger partial charge in [-0.25, -0.2) is 14.4 Å². The predicted molar refractivity (Wildman–Crippen MR) is 120 cm³/mol. The maximum absolute atomic E-state index is 13.4. The topological polar surface area (TPSA) is 46.1 Å². The molecule has 0 bridgehead atoms. The highest BCUT2D eigenvalue weighted by molar-refractivity contribution is 8.14. The molecule has 0 aliphatic rings. The number of nitrogens with zero attached hydrogens (tertiary/aromatic N) is 3. The Bertz CT molecular complexity index is 1000. The second-order valence-corrected chi connectivity index (χ2v) is 8.37. The first-order valence-electron chi connectivity index (χ1n) is 9.88. The smallest absolute Gasteiger partial charge is 0.219 e. The zero-order valence-corrected chi connectivity index (χ0v) is 18.1. The summed E-state index contributed by atoms with van der Waals surface area (Å²) in [6.07, 6.45) is 2.09. The number of hydrogen-bond acceptors (Lipinski definition) is 5. The van der Waals surface area contributed by atoms with Gasteiger partial charge in [-0.3, -0.25) is 4.79 Å². The Morgan fingerprint density at radius 3 is 2.48 bits per heavy atom. The number of thioether (sulfide) groups is 1. The lowest BCUT2D eigenvalue weighted by molar-refractivity contribution is 0.108. The summed E-state index contributed by atoms with van der Waals surface area (Å²) in [5.74, 6) is 1.25. The first-order chi connectivity index (χ1) is 13.9. The summed E-state index contributed by atoms with van der Waals surface area (Å²) < 4.78 is 13.4. The van der Waals surface area contributed by atoms with Crippen molar-refractivity contribution in [2.45, 2.75) is 39.7 Å². The number of aromatic nitrogens is 2. The first-order valence-corrected chi connectivity index (χ1v) is 10.9. The van der Waals surface area contributed by atoms with Gasteiger partial charge in [-0.15, -0.1) is 0 Å². The van der Waals surface area contributed by atoms with Gasteiger partial charge >= 0.3 is 0 Å². The molecule has 0 N–H and O–H groups in total. The van der Waals surface area contributed by atoms with E-state index in [0.717, 1.165) is 24.2 Å². The molecular formula is C23H26FN3OS. The fourth-order valence-corrected chi connectivity index (χ4v) is 3.77. The zero-order chi connectivity index (χ0) is 21.0. The third-order valence-corrected chi connectivity index (χ3v) is 5.83. The summed E-state index contributed by atoms with van der Waals surface area (Å²) in [5, 5.41) is 0.0588. The summed E-state index contributed by atoms with van der Waals surface area (Å²) in [6, 6.07) is 11.9. The molecule has 3 aromatic rings. The van der Waals surface area contributed by atoms with E-state index in [1.54, 1.807) is 18.2 Å². The Hall–Kier alpha value is -2.47. The van der Waals surface area contributed by atoms with E-state index in [4.69, 9.17) is 9.97 Å². The van der Waals surface area contributed by atoms with E-state index in [-0.39, 0.29) is 17.0 Å². The van der Waals surface area contributed by atoms with Crippen LogP contribution in [0.3, 0.4) is 0 Å². The van der Waals surface area contributed by atoms with Crippen molar-refractivity contribution in [2.75, 3.05) is 17.7 Å². The Morgan fingerprint density at radius 1 is 1.10 bits per heavy atom. The van der Waals surface area contributed by atoms with Crippen LogP contribution in [0.2, 0.25) is 0 Å². The number of carbonyl (C=O) groups excluding carboxylic acids is 1. The van der Waals surface area contributed by atoms with E-state index in [2.05, 4.69) is 20.8 Å². The van der Waals surface area contributed by atoms with E-state index in [9.17, 15) is 9.18 Å². The summed E-state index contributed by atoms with van der Waals surface area (Å²) in [4.78, 5) is 24.2. The minimum Gasteiger partial charge on any atom is -0.355 e. The average molecular weight is 412 g/mol. The van der Waals surface area contributed by atoms with Crippen molar-refractivity contribution < 1.29 is 9.18 Å². The quantitative estimate of drug-likeness (QED) is 0.449. The molecule has 1 heterocycles. The molecule has 1 aromatic heterocycles. The Morgan fingerprint density at radius 2 is 1.83 bits per heavy atom. The maximum atomic E-state index is 13.4. The number of rotatable bonds is 7. The molecule has 0 unspecified atom stereocenters. The highest BCUT2D eigenvalue weighted by Crippen LogP contribution is 2.31. The highest BCUT2D eigenvalue weighted by Gasteiger charge is 2.18. The molecule has 0 saturated carbocycles. The van der Waals surface area contributed by atoms with Gasteiger partial charge in [0.25, 0.3) is 0 Å². The number of anilines is 1. The predicted octanol–water partition coefficient (Wildman–Crippen LogP) is 5.95. The Kier molecular flexibility index (Phi) is 6.85. The molecule has 0 amide bonds. The van der Waals surface area contributed by atoms with Crippen molar-refractivity contribution in [3.8, 4) is 11.3 Å². The number of hydrogen-bond donors (Lipinski definition) is 0. The lowest BCUT2D eigenvalue weighted by Gasteiger charge is -2.25. The monoisotopic (exact) mass is 411 g/mol. The van der Waals surface area contributed by atoms with E-state index in [1.807, 2.05) is 24.1 Å². The van der Waals surface area contributed by atoms with Crippen molar-refractivity contribution in [2.24, 2.45) is 0 Å². The van der Waals surface area contributed by atoms with Crippen LogP contribution in [0.15, 0.2) is 42.5 Å². The van der Waals surface area contributed by atoms with Gasteiger partial charge in [0.2, 0.25) is 5.12 Å². The second-order valence-electron chi connectivity index (χ2n) is 7.30. The molecule has 0 aliphatic heterocycles. The number of benzene rings is 2. The minimum absolute atomic E-state index is 0.0588. The number of carbonyl (C=O) groups is 1. The molecule has 2 aromatic carbocycles. The molecule has 0 saturated heterocycles. The van der Waals surface area contributed by atoms with Crippen LogP contribution in [0.4, 0.5) is 10.2 Å². The fourth-order valence-electron chi connectivity index (χ4n) is 2.86. The summed E-state index contributed by atoms with van der Waals surface area (Å²) in [6.45, 7) is 6.26. The Balaban J connectivity index is 2.07. The van der Waals surface area contributed by atoms with Crippen LogP contribution in [0.1, 0.15) is 44.0 Å². The summed E-state index contributed by atoms with van der Waals surface area (Å²) in [5.41, 5.74) is 3.53. The molecule has 29 heavy (non-hydrogen) atoms. The minimum atomic E-state index is -0.287. The molecule has 0 spiro atoms. The molecular weight excluding hydrogens is 385 g/mol. The van der Waals surface area contributed by atoms with Crippen molar-refractivity contribution in [3.05, 3.63) is 53.8 Å². The molecule has 0 atom stereocenters. The van der Waals surface area contributed by atoms with E-state index >= 15 is 0 Å². The second kappa shape index (κ2) is 9.35. The van der Waals surface area contributed by atoms with Crippen LogP contribution in [0, 0.1) is 5.82 Å². The molecule has 0 radical (unpaired) electrons. The van der Waals surface area contributed by atoms with Gasteiger partial charge in [0.1, 0.15) is 11.5 Å². The summed E-state index contributed by atoms with van der Waals surface area (Å²) in [7, 11) is 1.96. The lowest BCUT2D eigenvalue weighted by Crippen LogP contribution is -2.27. The first kappa shape index (κ1) is 21.2. The SMILES string of the molecule is CCCCSC(=O)c1ccc2nc(-c3ccc(F)cc3)c(N(C)C(C)C)nc2c1. The molecule has 0 fully saturated rings. The third-order valence-electron chi connectivity index (χ3n) is 4.84. The molecule has 3 rings (SSSR count). The largest absolute Gasteiger partial charge is 0.355 e. The van der Waals surface area contributed by atoms with Crippen LogP contribution in [-0.2, 0) is 0 Å². The zero-order valence-electron chi connectivity index (χ0n) is 17.3. The van der Waals surface area contributed by atoms with Crippen molar-refractivity contribution in [3.63, 3.8) is 0 Å². The highest BCUT2D eigenvalue weighted by atomic mass is 32.2. The molecule has 152 valence electrons. The Labute approximate surface area is 175 Å².